The summed E-state index contributed by atoms with van der Waals surface area (Å²) in [5.74, 6) is 2.52. The highest BCUT2D eigenvalue weighted by atomic mass is 35.5. The first-order valence-electron chi connectivity index (χ1n) is 7.27. The van der Waals surface area contributed by atoms with Crippen molar-refractivity contribution in [2.75, 3.05) is 20.2 Å². The minimum absolute atomic E-state index is 0.756. The van der Waals surface area contributed by atoms with Crippen LogP contribution in [0.15, 0.2) is 18.2 Å². The molecule has 1 N–H and O–H groups in total. The van der Waals surface area contributed by atoms with Crippen molar-refractivity contribution in [1.82, 2.24) is 5.32 Å². The van der Waals surface area contributed by atoms with E-state index in [9.17, 15) is 0 Å². The third-order valence-corrected chi connectivity index (χ3v) is 4.43. The van der Waals surface area contributed by atoms with E-state index < -0.39 is 0 Å². The predicted molar refractivity (Wildman–Crippen MR) is 81.1 cm³/mol. The van der Waals surface area contributed by atoms with E-state index in [0.29, 0.717) is 0 Å². The zero-order valence-corrected chi connectivity index (χ0v) is 12.7. The summed E-state index contributed by atoms with van der Waals surface area (Å²) >= 11 is 6.11. The highest BCUT2D eigenvalue weighted by molar-refractivity contribution is 6.30. The van der Waals surface area contributed by atoms with Crippen LogP contribution in [0.25, 0.3) is 0 Å². The van der Waals surface area contributed by atoms with Crippen LogP contribution in [0.1, 0.15) is 31.7 Å². The molecule has 0 spiro atoms. The highest BCUT2D eigenvalue weighted by Gasteiger charge is 2.27. The molecule has 2 atom stereocenters. The Morgan fingerprint density at radius 1 is 1.32 bits per heavy atom. The van der Waals surface area contributed by atoms with Crippen LogP contribution >= 0.6 is 11.6 Å². The molecule has 0 radical (unpaired) electrons. The molecule has 2 nitrogen and oxygen atoms in total. The molecule has 1 fully saturated rings. The molecule has 19 heavy (non-hydrogen) atoms. The van der Waals surface area contributed by atoms with Crippen LogP contribution < -0.4 is 10.1 Å². The van der Waals surface area contributed by atoms with Gasteiger partial charge in [0.25, 0.3) is 0 Å². The van der Waals surface area contributed by atoms with E-state index in [1.165, 1.54) is 24.8 Å². The van der Waals surface area contributed by atoms with Crippen LogP contribution in [-0.4, -0.2) is 20.2 Å². The maximum Gasteiger partial charge on any atom is 0.122 e. The molecule has 2 rings (SSSR count). The molecular formula is C16H24ClNO. The van der Waals surface area contributed by atoms with E-state index in [-0.39, 0.29) is 0 Å². The number of methoxy groups -OCH3 is 1. The summed E-state index contributed by atoms with van der Waals surface area (Å²) in [6.07, 6.45) is 5.11. The van der Waals surface area contributed by atoms with Crippen LogP contribution in [0, 0.1) is 11.8 Å². The molecule has 0 amide bonds. The van der Waals surface area contributed by atoms with Gasteiger partial charge in [0.2, 0.25) is 0 Å². The zero-order chi connectivity index (χ0) is 13.7. The van der Waals surface area contributed by atoms with Crippen LogP contribution in [0.5, 0.6) is 5.75 Å². The van der Waals surface area contributed by atoms with Gasteiger partial charge in [-0.05, 0) is 68.0 Å². The van der Waals surface area contributed by atoms with Gasteiger partial charge in [-0.1, -0.05) is 24.9 Å². The molecule has 1 saturated carbocycles. The Hall–Kier alpha value is -0.730. The highest BCUT2D eigenvalue weighted by Crippen LogP contribution is 2.36. The third kappa shape index (κ3) is 3.87. The van der Waals surface area contributed by atoms with Gasteiger partial charge in [-0.3, -0.25) is 0 Å². The molecule has 0 heterocycles. The van der Waals surface area contributed by atoms with Crippen molar-refractivity contribution in [1.29, 1.82) is 0 Å². The second-order valence-corrected chi connectivity index (χ2v) is 5.86. The van der Waals surface area contributed by atoms with E-state index in [1.807, 2.05) is 12.1 Å². The summed E-state index contributed by atoms with van der Waals surface area (Å²) in [4.78, 5) is 0. The lowest BCUT2D eigenvalue weighted by atomic mass is 9.89. The summed E-state index contributed by atoms with van der Waals surface area (Å²) in [5, 5.41) is 4.29. The standard InChI is InChI=1S/C16H24ClNO/c1-3-18-11-13-6-4-5-12(13)9-14-10-15(17)7-8-16(14)19-2/h7-8,10,12-13,18H,3-6,9,11H2,1-2H3. The molecule has 3 heteroatoms. The Morgan fingerprint density at radius 2 is 2.11 bits per heavy atom. The number of rotatable bonds is 6. The number of halogens is 1. The molecule has 0 aromatic heterocycles. The maximum absolute atomic E-state index is 6.11. The number of hydrogen-bond donors (Lipinski definition) is 1. The SMILES string of the molecule is CCNCC1CCCC1Cc1cc(Cl)ccc1OC. The van der Waals surface area contributed by atoms with Crippen molar-refractivity contribution >= 4 is 11.6 Å². The van der Waals surface area contributed by atoms with Crippen LogP contribution in [-0.2, 0) is 6.42 Å². The van der Waals surface area contributed by atoms with Crippen molar-refractivity contribution in [3.63, 3.8) is 0 Å². The van der Waals surface area contributed by atoms with Crippen molar-refractivity contribution < 1.29 is 4.74 Å². The van der Waals surface area contributed by atoms with Gasteiger partial charge in [-0.2, -0.15) is 0 Å². The zero-order valence-electron chi connectivity index (χ0n) is 11.9. The lowest BCUT2D eigenvalue weighted by molar-refractivity contribution is 0.357. The largest absolute Gasteiger partial charge is 0.496 e. The molecule has 2 unspecified atom stereocenters. The lowest BCUT2D eigenvalue weighted by Crippen LogP contribution is -2.26. The number of hydrogen-bond acceptors (Lipinski definition) is 2. The van der Waals surface area contributed by atoms with Crippen molar-refractivity contribution in [3.05, 3.63) is 28.8 Å². The average Bonchev–Trinajstić information content (AvgIpc) is 2.84. The summed E-state index contributed by atoms with van der Waals surface area (Å²) in [6.45, 7) is 4.37. The second-order valence-electron chi connectivity index (χ2n) is 5.42. The monoisotopic (exact) mass is 281 g/mol. The van der Waals surface area contributed by atoms with Crippen molar-refractivity contribution in [3.8, 4) is 5.75 Å². The Bertz CT molecular complexity index is 408. The fraction of sp³-hybridized carbons (Fsp3) is 0.625. The Labute approximate surface area is 121 Å². The van der Waals surface area contributed by atoms with Gasteiger partial charge in [0.1, 0.15) is 5.75 Å². The van der Waals surface area contributed by atoms with Gasteiger partial charge < -0.3 is 10.1 Å². The van der Waals surface area contributed by atoms with E-state index in [1.54, 1.807) is 7.11 Å². The molecular weight excluding hydrogens is 258 g/mol. The fourth-order valence-corrected chi connectivity index (χ4v) is 3.36. The van der Waals surface area contributed by atoms with Crippen LogP contribution in [0.3, 0.4) is 0 Å². The molecule has 0 aliphatic heterocycles. The van der Waals surface area contributed by atoms with E-state index in [2.05, 4.69) is 18.3 Å². The summed E-state index contributed by atoms with van der Waals surface area (Å²) in [7, 11) is 1.73. The van der Waals surface area contributed by atoms with Gasteiger partial charge in [0.05, 0.1) is 7.11 Å². The Morgan fingerprint density at radius 3 is 2.84 bits per heavy atom. The van der Waals surface area contributed by atoms with Crippen LogP contribution in [0.2, 0.25) is 5.02 Å². The van der Waals surface area contributed by atoms with Gasteiger partial charge in [0.15, 0.2) is 0 Å². The second kappa shape index (κ2) is 7.16. The van der Waals surface area contributed by atoms with Crippen molar-refractivity contribution in [2.45, 2.75) is 32.6 Å². The summed E-state index contributed by atoms with van der Waals surface area (Å²) in [5.41, 5.74) is 1.25. The summed E-state index contributed by atoms with van der Waals surface area (Å²) in [6, 6.07) is 5.93. The lowest BCUT2D eigenvalue weighted by Gasteiger charge is -2.21. The minimum atomic E-state index is 0.756. The summed E-state index contributed by atoms with van der Waals surface area (Å²) < 4.78 is 5.45. The smallest absolute Gasteiger partial charge is 0.122 e. The van der Waals surface area contributed by atoms with Gasteiger partial charge in [-0.25, -0.2) is 0 Å². The first kappa shape index (κ1) is 14.7. The predicted octanol–water partition coefficient (Wildman–Crippen LogP) is 3.92. The van der Waals surface area contributed by atoms with E-state index >= 15 is 0 Å². The Kier molecular flexibility index (Phi) is 5.53. The fourth-order valence-electron chi connectivity index (χ4n) is 3.17. The molecule has 0 bridgehead atoms. The number of ether oxygens (including phenoxy) is 1. The normalized spacial score (nSPS) is 22.7. The topological polar surface area (TPSA) is 21.3 Å². The molecule has 106 valence electrons. The molecule has 0 saturated heterocycles. The molecule has 1 aliphatic carbocycles. The van der Waals surface area contributed by atoms with Crippen LogP contribution in [0.4, 0.5) is 0 Å². The molecule has 1 aromatic carbocycles. The molecule has 1 aliphatic rings. The van der Waals surface area contributed by atoms with E-state index in [4.69, 9.17) is 16.3 Å². The number of benzene rings is 1. The number of nitrogens with one attached hydrogen (secondary N) is 1. The van der Waals surface area contributed by atoms with Gasteiger partial charge in [0, 0.05) is 5.02 Å². The van der Waals surface area contributed by atoms with E-state index in [0.717, 1.165) is 42.1 Å². The molecule has 1 aromatic rings. The maximum atomic E-state index is 6.11. The first-order valence-corrected chi connectivity index (χ1v) is 7.65. The first-order chi connectivity index (χ1) is 9.24. The minimum Gasteiger partial charge on any atom is -0.496 e. The van der Waals surface area contributed by atoms with Gasteiger partial charge >= 0.3 is 0 Å². The Balaban J connectivity index is 2.05. The van der Waals surface area contributed by atoms with Crippen molar-refractivity contribution in [2.24, 2.45) is 11.8 Å². The third-order valence-electron chi connectivity index (χ3n) is 4.20. The average molecular weight is 282 g/mol. The van der Waals surface area contributed by atoms with Gasteiger partial charge in [-0.15, -0.1) is 0 Å². The quantitative estimate of drug-likeness (QED) is 0.853.